The molecule has 9 aromatic rings. The van der Waals surface area contributed by atoms with Crippen LogP contribution < -0.4 is 0 Å². The minimum atomic E-state index is 0.404. The zero-order valence-electron chi connectivity index (χ0n) is 30.8. The van der Waals surface area contributed by atoms with E-state index in [1.807, 2.05) is 30.3 Å². The highest BCUT2D eigenvalue weighted by Gasteiger charge is 2.51. The zero-order valence-corrected chi connectivity index (χ0v) is 30.8. The third-order valence-corrected chi connectivity index (χ3v) is 13.2. The molecule has 4 bridgehead atoms. The molecule has 266 valence electrons. The van der Waals surface area contributed by atoms with E-state index < -0.39 is 0 Å². The van der Waals surface area contributed by atoms with Gasteiger partial charge in [-0.3, -0.25) is 0 Å². The number of nitrogens with zero attached hydrogens (tertiary/aromatic N) is 3. The SMILES string of the molecule is Cc1ccc(-c2nc(-c3cccc4c3oc3ccccc34)nc(-c3cccc4c3oc3ccc(-c5ccc(C67CC8CC(CC(C8)C6)C7)cc5)cc34)n2)cc1. The highest BCUT2D eigenvalue weighted by atomic mass is 16.3. The normalized spacial score (nSPS) is 21.7. The van der Waals surface area contributed by atoms with Crippen LogP contribution in [0.25, 0.3) is 89.2 Å². The van der Waals surface area contributed by atoms with Gasteiger partial charge in [0, 0.05) is 27.1 Å². The van der Waals surface area contributed by atoms with Crippen LogP contribution in [0, 0.1) is 24.7 Å². The summed E-state index contributed by atoms with van der Waals surface area (Å²) in [4.78, 5) is 15.3. The van der Waals surface area contributed by atoms with Crippen LogP contribution in [0.2, 0.25) is 0 Å². The van der Waals surface area contributed by atoms with Crippen molar-refractivity contribution in [2.45, 2.75) is 50.9 Å². The van der Waals surface area contributed by atoms with Crippen molar-refractivity contribution < 1.29 is 8.83 Å². The average Bonchev–Trinajstić information content (AvgIpc) is 3.79. The Morgan fingerprint density at radius 3 is 1.65 bits per heavy atom. The van der Waals surface area contributed by atoms with Gasteiger partial charge in [0.25, 0.3) is 0 Å². The predicted molar refractivity (Wildman–Crippen MR) is 221 cm³/mol. The highest BCUT2D eigenvalue weighted by molar-refractivity contribution is 6.11. The summed E-state index contributed by atoms with van der Waals surface area (Å²) in [5.74, 6) is 4.53. The summed E-state index contributed by atoms with van der Waals surface area (Å²) in [5.41, 5.74) is 11.3. The second kappa shape index (κ2) is 11.7. The number of aromatic nitrogens is 3. The third kappa shape index (κ3) is 4.95. The quantitative estimate of drug-likeness (QED) is 0.178. The molecular weight excluding hydrogens is 675 g/mol. The van der Waals surface area contributed by atoms with Crippen molar-refractivity contribution in [1.82, 2.24) is 15.0 Å². The molecule has 0 spiro atoms. The van der Waals surface area contributed by atoms with E-state index in [2.05, 4.69) is 104 Å². The van der Waals surface area contributed by atoms with Crippen LogP contribution in [-0.4, -0.2) is 15.0 Å². The molecule has 4 aliphatic rings. The Kier molecular flexibility index (Phi) is 6.67. The first-order valence-electron chi connectivity index (χ1n) is 19.8. The summed E-state index contributed by atoms with van der Waals surface area (Å²) in [6, 6.07) is 45.0. The Morgan fingerprint density at radius 2 is 1.00 bits per heavy atom. The fraction of sp³-hybridized carbons (Fsp3) is 0.220. The molecule has 3 heterocycles. The second-order valence-corrected chi connectivity index (χ2v) is 16.7. The monoisotopic (exact) mass is 713 g/mol. The third-order valence-electron chi connectivity index (χ3n) is 13.2. The van der Waals surface area contributed by atoms with Crippen LogP contribution >= 0.6 is 0 Å². The van der Waals surface area contributed by atoms with E-state index in [0.717, 1.165) is 78.3 Å². The van der Waals surface area contributed by atoms with Crippen molar-refractivity contribution in [3.05, 3.63) is 139 Å². The zero-order chi connectivity index (χ0) is 36.3. The smallest absolute Gasteiger partial charge is 0.167 e. The van der Waals surface area contributed by atoms with Gasteiger partial charge in [0.2, 0.25) is 0 Å². The number of para-hydroxylation sites is 3. The van der Waals surface area contributed by atoms with Gasteiger partial charge in [0.15, 0.2) is 17.5 Å². The van der Waals surface area contributed by atoms with Gasteiger partial charge in [-0.1, -0.05) is 103 Å². The summed E-state index contributed by atoms with van der Waals surface area (Å²) >= 11 is 0. The fourth-order valence-electron chi connectivity index (χ4n) is 11.0. The van der Waals surface area contributed by atoms with Crippen molar-refractivity contribution >= 4 is 43.9 Å². The summed E-state index contributed by atoms with van der Waals surface area (Å²) in [6.07, 6.45) is 8.58. The Balaban J connectivity index is 0.968. The standard InChI is InChI=1S/C50H39N3O2/c1-29-12-14-34(15-13-29)47-51-48(40-9-4-7-38-37-6-2-3-11-43(37)54-45(38)40)53-49(52-47)41-10-5-8-39-42-25-35(18-21-44(42)55-46(39)41)33-16-19-36(20-17-33)50-26-30-22-31(27-50)24-32(23-30)28-50/h2-21,25,30-32H,22-24,26-28H2,1H3. The van der Waals surface area contributed by atoms with Crippen LogP contribution in [0.1, 0.15) is 49.7 Å². The number of hydrogen-bond acceptors (Lipinski definition) is 5. The van der Waals surface area contributed by atoms with Gasteiger partial charge >= 0.3 is 0 Å². The van der Waals surface area contributed by atoms with Crippen molar-refractivity contribution in [2.24, 2.45) is 17.8 Å². The topological polar surface area (TPSA) is 65.0 Å². The maximum atomic E-state index is 6.68. The van der Waals surface area contributed by atoms with Crippen LogP contribution in [0.15, 0.2) is 136 Å². The Morgan fingerprint density at radius 1 is 0.473 bits per heavy atom. The highest BCUT2D eigenvalue weighted by Crippen LogP contribution is 2.60. The van der Waals surface area contributed by atoms with Gasteiger partial charge in [0.1, 0.15) is 22.3 Å². The second-order valence-electron chi connectivity index (χ2n) is 16.7. The first kappa shape index (κ1) is 31.3. The van der Waals surface area contributed by atoms with Gasteiger partial charge in [-0.15, -0.1) is 0 Å². The number of rotatable bonds is 5. The molecule has 0 N–H and O–H groups in total. The molecule has 0 unspecified atom stereocenters. The van der Waals surface area contributed by atoms with Crippen molar-refractivity contribution in [2.75, 3.05) is 0 Å². The Hall–Kier alpha value is -6.07. The Labute approximate surface area is 319 Å². The van der Waals surface area contributed by atoms with E-state index >= 15 is 0 Å². The predicted octanol–water partition coefficient (Wildman–Crippen LogP) is 13.1. The molecule has 0 aliphatic heterocycles. The van der Waals surface area contributed by atoms with Crippen molar-refractivity contribution in [1.29, 1.82) is 0 Å². The molecular formula is C50H39N3O2. The van der Waals surface area contributed by atoms with Gasteiger partial charge in [-0.05, 0) is 116 Å². The minimum Gasteiger partial charge on any atom is -0.455 e. The van der Waals surface area contributed by atoms with E-state index in [0.29, 0.717) is 22.9 Å². The largest absolute Gasteiger partial charge is 0.455 e. The maximum absolute atomic E-state index is 6.68. The van der Waals surface area contributed by atoms with Gasteiger partial charge < -0.3 is 8.83 Å². The lowest BCUT2D eigenvalue weighted by Crippen LogP contribution is -2.48. The summed E-state index contributed by atoms with van der Waals surface area (Å²) < 4.78 is 13.1. The van der Waals surface area contributed by atoms with Gasteiger partial charge in [-0.2, -0.15) is 0 Å². The molecule has 4 fully saturated rings. The number of furan rings is 2. The fourth-order valence-corrected chi connectivity index (χ4v) is 11.0. The molecule has 3 aromatic heterocycles. The van der Waals surface area contributed by atoms with E-state index in [1.165, 1.54) is 55.2 Å². The van der Waals surface area contributed by atoms with Gasteiger partial charge in [0.05, 0.1) is 11.1 Å². The Bertz CT molecular complexity index is 2940. The summed E-state index contributed by atoms with van der Waals surface area (Å²) in [5, 5.41) is 4.22. The first-order chi connectivity index (χ1) is 27.0. The molecule has 0 saturated heterocycles. The van der Waals surface area contributed by atoms with Crippen LogP contribution in [0.4, 0.5) is 0 Å². The van der Waals surface area contributed by atoms with E-state index in [-0.39, 0.29) is 0 Å². The van der Waals surface area contributed by atoms with Crippen LogP contribution in [0.3, 0.4) is 0 Å². The minimum absolute atomic E-state index is 0.404. The van der Waals surface area contributed by atoms with Crippen LogP contribution in [0.5, 0.6) is 0 Å². The van der Waals surface area contributed by atoms with Crippen LogP contribution in [-0.2, 0) is 5.41 Å². The maximum Gasteiger partial charge on any atom is 0.167 e. The summed E-state index contributed by atoms with van der Waals surface area (Å²) in [6.45, 7) is 2.09. The number of fused-ring (bicyclic) bond motifs is 6. The molecule has 0 radical (unpaired) electrons. The van der Waals surface area contributed by atoms with Gasteiger partial charge in [-0.25, -0.2) is 15.0 Å². The van der Waals surface area contributed by atoms with E-state index in [1.54, 1.807) is 5.56 Å². The van der Waals surface area contributed by atoms with E-state index in [9.17, 15) is 0 Å². The molecule has 0 amide bonds. The molecule has 4 saturated carbocycles. The lowest BCUT2D eigenvalue weighted by molar-refractivity contribution is -0.00518. The first-order valence-corrected chi connectivity index (χ1v) is 19.8. The average molecular weight is 714 g/mol. The molecule has 5 heteroatoms. The lowest BCUT2D eigenvalue weighted by atomic mass is 9.48. The summed E-state index contributed by atoms with van der Waals surface area (Å²) in [7, 11) is 0. The molecule has 13 rings (SSSR count). The number of hydrogen-bond donors (Lipinski definition) is 0. The number of aryl methyl sites for hydroxylation is 1. The molecule has 0 atom stereocenters. The van der Waals surface area contributed by atoms with Crippen molar-refractivity contribution in [3.63, 3.8) is 0 Å². The lowest BCUT2D eigenvalue weighted by Gasteiger charge is -2.57. The molecule has 4 aliphatic carbocycles. The number of benzene rings is 6. The van der Waals surface area contributed by atoms with Crippen molar-refractivity contribution in [3.8, 4) is 45.3 Å². The van der Waals surface area contributed by atoms with E-state index in [4.69, 9.17) is 23.8 Å². The molecule has 55 heavy (non-hydrogen) atoms. The molecule has 6 aromatic carbocycles. The molecule has 5 nitrogen and oxygen atoms in total.